The van der Waals surface area contributed by atoms with Crippen LogP contribution in [-0.2, 0) is 12.0 Å². The van der Waals surface area contributed by atoms with Crippen molar-refractivity contribution in [3.05, 3.63) is 72.6 Å². The van der Waals surface area contributed by atoms with Crippen molar-refractivity contribution in [2.24, 2.45) is 0 Å². The van der Waals surface area contributed by atoms with Crippen molar-refractivity contribution in [1.82, 2.24) is 9.55 Å². The Bertz CT molecular complexity index is 1070. The van der Waals surface area contributed by atoms with Crippen LogP contribution in [0.2, 0.25) is 0 Å². The molecule has 3 nitrogen and oxygen atoms in total. The lowest BCUT2D eigenvalue weighted by atomic mass is 9.95. The Hall–Kier alpha value is -2.81. The molecule has 0 atom stereocenters. The van der Waals surface area contributed by atoms with Gasteiger partial charge in [-0.15, -0.1) is 0 Å². The van der Waals surface area contributed by atoms with Crippen molar-refractivity contribution in [1.29, 1.82) is 0 Å². The summed E-state index contributed by atoms with van der Waals surface area (Å²) in [6.45, 7) is 8.25. The second kappa shape index (κ2) is 7.07. The smallest absolute Gasteiger partial charge is 0.119 e. The molecule has 4 aromatic rings. The first-order valence-corrected chi connectivity index (χ1v) is 9.60. The van der Waals surface area contributed by atoms with Gasteiger partial charge >= 0.3 is 0 Å². The maximum absolute atomic E-state index is 6.02. The van der Waals surface area contributed by atoms with Crippen molar-refractivity contribution < 1.29 is 4.74 Å². The van der Waals surface area contributed by atoms with Crippen molar-refractivity contribution in [2.75, 3.05) is 6.61 Å². The molecule has 138 valence electrons. The third-order valence-electron chi connectivity index (χ3n) is 4.84. The Balaban J connectivity index is 1.47. The Morgan fingerprint density at radius 1 is 0.889 bits per heavy atom. The second-order valence-corrected chi connectivity index (χ2v) is 8.04. The van der Waals surface area contributed by atoms with Crippen molar-refractivity contribution in [3.8, 4) is 5.75 Å². The van der Waals surface area contributed by atoms with Crippen LogP contribution in [0.3, 0.4) is 0 Å². The highest BCUT2D eigenvalue weighted by Crippen LogP contribution is 2.27. The molecule has 0 aliphatic heterocycles. The van der Waals surface area contributed by atoms with Crippen LogP contribution in [0.4, 0.5) is 0 Å². The van der Waals surface area contributed by atoms with Gasteiger partial charge in [0.25, 0.3) is 0 Å². The zero-order chi connectivity index (χ0) is 18.9. The third kappa shape index (κ3) is 3.68. The van der Waals surface area contributed by atoms with Crippen molar-refractivity contribution in [2.45, 2.75) is 39.2 Å². The minimum Gasteiger partial charge on any atom is -0.494 e. The molecular formula is C24H26N2O. The zero-order valence-corrected chi connectivity index (χ0v) is 16.3. The maximum atomic E-state index is 6.02. The molecule has 0 aliphatic carbocycles. The van der Waals surface area contributed by atoms with Crippen LogP contribution in [0.1, 0.15) is 33.0 Å². The molecule has 0 radical (unpaired) electrons. The Kier molecular flexibility index (Phi) is 4.61. The summed E-state index contributed by atoms with van der Waals surface area (Å²) in [6.07, 6.45) is 0.941. The minimum absolute atomic E-state index is 0.0121. The van der Waals surface area contributed by atoms with Crippen LogP contribution >= 0.6 is 0 Å². The molecule has 1 aromatic heterocycles. The molecule has 0 aliphatic rings. The number of benzene rings is 3. The van der Waals surface area contributed by atoms with E-state index >= 15 is 0 Å². The zero-order valence-electron chi connectivity index (χ0n) is 16.3. The van der Waals surface area contributed by atoms with Crippen LogP contribution in [0.15, 0.2) is 66.7 Å². The van der Waals surface area contributed by atoms with Gasteiger partial charge in [0.15, 0.2) is 0 Å². The van der Waals surface area contributed by atoms with E-state index in [0.717, 1.165) is 30.1 Å². The van der Waals surface area contributed by atoms with E-state index in [1.165, 1.54) is 16.3 Å². The Morgan fingerprint density at radius 2 is 1.63 bits per heavy atom. The normalized spacial score (nSPS) is 12.0. The van der Waals surface area contributed by atoms with Crippen LogP contribution < -0.4 is 4.74 Å². The molecule has 1 heterocycles. The van der Waals surface area contributed by atoms with E-state index in [1.807, 2.05) is 0 Å². The molecule has 0 amide bonds. The van der Waals surface area contributed by atoms with Crippen LogP contribution in [0.25, 0.3) is 21.8 Å². The molecule has 0 spiro atoms. The minimum atomic E-state index is 0.0121. The fourth-order valence-corrected chi connectivity index (χ4v) is 3.54. The first-order chi connectivity index (χ1) is 13.0. The van der Waals surface area contributed by atoms with Crippen LogP contribution in [0, 0.1) is 0 Å². The Morgan fingerprint density at radius 3 is 2.44 bits per heavy atom. The summed E-state index contributed by atoms with van der Waals surface area (Å²) in [5, 5.41) is 2.45. The molecule has 4 rings (SSSR count). The number of para-hydroxylation sites is 2. The fraction of sp³-hybridized carbons (Fsp3) is 0.292. The van der Waals surface area contributed by atoms with Gasteiger partial charge in [0, 0.05) is 12.0 Å². The second-order valence-electron chi connectivity index (χ2n) is 8.04. The highest BCUT2D eigenvalue weighted by Gasteiger charge is 2.22. The molecule has 27 heavy (non-hydrogen) atoms. The standard InChI is InChI=1S/C24H26N2O/c1-24(2,3)23-25-21-11-6-7-12-22(21)26(23)15-8-16-27-20-14-13-18-9-4-5-10-19(18)17-20/h4-7,9-14,17H,8,15-16H2,1-3H3. The number of rotatable bonds is 5. The third-order valence-corrected chi connectivity index (χ3v) is 4.84. The van der Waals surface area contributed by atoms with Gasteiger partial charge in [-0.2, -0.15) is 0 Å². The van der Waals surface area contributed by atoms with Gasteiger partial charge in [-0.25, -0.2) is 4.98 Å². The van der Waals surface area contributed by atoms with Gasteiger partial charge in [0.2, 0.25) is 0 Å². The van der Waals surface area contributed by atoms with E-state index in [1.54, 1.807) is 0 Å². The number of aryl methyl sites for hydroxylation is 1. The maximum Gasteiger partial charge on any atom is 0.119 e. The number of fused-ring (bicyclic) bond motifs is 2. The molecule has 0 unspecified atom stereocenters. The largest absolute Gasteiger partial charge is 0.494 e. The lowest BCUT2D eigenvalue weighted by molar-refractivity contribution is 0.300. The van der Waals surface area contributed by atoms with Crippen molar-refractivity contribution in [3.63, 3.8) is 0 Å². The predicted molar refractivity (Wildman–Crippen MR) is 112 cm³/mol. The van der Waals surface area contributed by atoms with E-state index in [9.17, 15) is 0 Å². The molecule has 0 bridgehead atoms. The quantitative estimate of drug-likeness (QED) is 0.412. The number of hydrogen-bond donors (Lipinski definition) is 0. The summed E-state index contributed by atoms with van der Waals surface area (Å²) in [6, 6.07) is 23.0. The lowest BCUT2D eigenvalue weighted by Gasteiger charge is -2.20. The van der Waals surface area contributed by atoms with Gasteiger partial charge in [0.05, 0.1) is 17.6 Å². The van der Waals surface area contributed by atoms with E-state index in [0.29, 0.717) is 6.61 Å². The lowest BCUT2D eigenvalue weighted by Crippen LogP contribution is -2.19. The number of ether oxygens (including phenoxy) is 1. The van der Waals surface area contributed by atoms with Crippen LogP contribution in [-0.4, -0.2) is 16.2 Å². The monoisotopic (exact) mass is 358 g/mol. The van der Waals surface area contributed by atoms with Gasteiger partial charge in [-0.1, -0.05) is 63.2 Å². The molecule has 0 saturated heterocycles. The van der Waals surface area contributed by atoms with Gasteiger partial charge < -0.3 is 9.30 Å². The molecule has 0 N–H and O–H groups in total. The highest BCUT2D eigenvalue weighted by atomic mass is 16.5. The van der Waals surface area contributed by atoms with E-state index in [2.05, 4.69) is 92.1 Å². The van der Waals surface area contributed by atoms with Crippen LogP contribution in [0.5, 0.6) is 5.75 Å². The number of aromatic nitrogens is 2. The summed E-state index contributed by atoms with van der Waals surface area (Å²) in [5.74, 6) is 2.06. The predicted octanol–water partition coefficient (Wildman–Crippen LogP) is 5.96. The summed E-state index contributed by atoms with van der Waals surface area (Å²) < 4.78 is 8.36. The van der Waals surface area contributed by atoms with E-state index < -0.39 is 0 Å². The topological polar surface area (TPSA) is 27.1 Å². The van der Waals surface area contributed by atoms with Crippen molar-refractivity contribution >= 4 is 21.8 Å². The first-order valence-electron chi connectivity index (χ1n) is 9.60. The SMILES string of the molecule is CC(C)(C)c1nc2ccccc2n1CCCOc1ccc2ccccc2c1. The number of nitrogens with zero attached hydrogens (tertiary/aromatic N) is 2. The summed E-state index contributed by atoms with van der Waals surface area (Å²) in [7, 11) is 0. The molecule has 3 heteroatoms. The molecule has 3 aromatic carbocycles. The summed E-state index contributed by atoms with van der Waals surface area (Å²) in [4.78, 5) is 4.88. The summed E-state index contributed by atoms with van der Waals surface area (Å²) >= 11 is 0. The van der Waals surface area contributed by atoms with Gasteiger partial charge in [-0.05, 0) is 41.5 Å². The van der Waals surface area contributed by atoms with Gasteiger partial charge in [0.1, 0.15) is 11.6 Å². The fourth-order valence-electron chi connectivity index (χ4n) is 3.54. The average Bonchev–Trinajstić information content (AvgIpc) is 3.04. The van der Waals surface area contributed by atoms with E-state index in [-0.39, 0.29) is 5.41 Å². The summed E-state index contributed by atoms with van der Waals surface area (Å²) in [5.41, 5.74) is 2.28. The van der Waals surface area contributed by atoms with E-state index in [4.69, 9.17) is 9.72 Å². The van der Waals surface area contributed by atoms with Gasteiger partial charge in [-0.3, -0.25) is 0 Å². The first kappa shape index (κ1) is 17.6. The highest BCUT2D eigenvalue weighted by molar-refractivity contribution is 5.83. The molecular weight excluding hydrogens is 332 g/mol. The molecule has 0 fully saturated rings. The number of imidazole rings is 1. The Labute approximate surface area is 160 Å². The average molecular weight is 358 g/mol. The molecule has 0 saturated carbocycles. The number of hydrogen-bond acceptors (Lipinski definition) is 2.